The number of aliphatic hydroxyl groups is 1. The van der Waals surface area contributed by atoms with Gasteiger partial charge in [0.2, 0.25) is 0 Å². The van der Waals surface area contributed by atoms with E-state index in [2.05, 4.69) is 25.8 Å². The molecule has 1 aliphatic heterocycles. The number of anilines is 2. The van der Waals surface area contributed by atoms with Gasteiger partial charge in [-0.05, 0) is 40.8 Å². The van der Waals surface area contributed by atoms with Crippen molar-refractivity contribution >= 4 is 27.4 Å². The van der Waals surface area contributed by atoms with Gasteiger partial charge in [-0.25, -0.2) is 4.98 Å². The Kier molecular flexibility index (Phi) is 3.66. The minimum Gasteiger partial charge on any atom is -0.396 e. The molecule has 1 aromatic rings. The Labute approximate surface area is 104 Å². The summed E-state index contributed by atoms with van der Waals surface area (Å²) in [5.74, 6) is 1.43. The standard InChI is InChI=1S/C11H16BrN3O/c12-9-5-10(13)11(14-6-9)15-3-1-8(7-15)2-4-16/h5-6,8,16H,1-4,7,13H2. The third-order valence-electron chi connectivity index (χ3n) is 2.98. The molecule has 0 bridgehead atoms. The van der Waals surface area contributed by atoms with Gasteiger partial charge in [-0.3, -0.25) is 0 Å². The largest absolute Gasteiger partial charge is 0.396 e. The molecule has 1 saturated heterocycles. The summed E-state index contributed by atoms with van der Waals surface area (Å²) in [5.41, 5.74) is 6.64. The van der Waals surface area contributed by atoms with Gasteiger partial charge in [0.25, 0.3) is 0 Å². The van der Waals surface area contributed by atoms with Crippen molar-refractivity contribution in [3.05, 3.63) is 16.7 Å². The van der Waals surface area contributed by atoms with E-state index < -0.39 is 0 Å². The lowest BCUT2D eigenvalue weighted by Crippen LogP contribution is -2.22. The van der Waals surface area contributed by atoms with Gasteiger partial charge in [-0.2, -0.15) is 0 Å². The summed E-state index contributed by atoms with van der Waals surface area (Å²) in [4.78, 5) is 6.54. The molecule has 0 aliphatic carbocycles. The predicted octanol–water partition coefficient (Wildman–Crippen LogP) is 1.64. The van der Waals surface area contributed by atoms with E-state index in [0.717, 1.165) is 36.2 Å². The molecule has 0 spiro atoms. The number of nitrogens with two attached hydrogens (primary N) is 1. The van der Waals surface area contributed by atoms with Crippen LogP contribution < -0.4 is 10.6 Å². The molecule has 0 amide bonds. The Morgan fingerprint density at radius 3 is 3.12 bits per heavy atom. The highest BCUT2D eigenvalue weighted by atomic mass is 79.9. The number of hydrogen-bond acceptors (Lipinski definition) is 4. The van der Waals surface area contributed by atoms with Crippen LogP contribution in [0.25, 0.3) is 0 Å². The average molecular weight is 286 g/mol. The second kappa shape index (κ2) is 5.01. The Balaban J connectivity index is 2.08. The molecule has 4 nitrogen and oxygen atoms in total. The maximum atomic E-state index is 8.91. The van der Waals surface area contributed by atoms with Gasteiger partial charge in [-0.1, -0.05) is 0 Å². The third-order valence-corrected chi connectivity index (χ3v) is 3.42. The minimum atomic E-state index is 0.266. The zero-order chi connectivity index (χ0) is 11.5. The average Bonchev–Trinajstić information content (AvgIpc) is 2.67. The van der Waals surface area contributed by atoms with Crippen molar-refractivity contribution in [2.75, 3.05) is 30.3 Å². The molecule has 16 heavy (non-hydrogen) atoms. The first-order chi connectivity index (χ1) is 7.70. The topological polar surface area (TPSA) is 62.4 Å². The molecule has 5 heteroatoms. The fourth-order valence-corrected chi connectivity index (χ4v) is 2.50. The van der Waals surface area contributed by atoms with Crippen LogP contribution in [-0.4, -0.2) is 29.8 Å². The summed E-state index contributed by atoms with van der Waals surface area (Å²) in [7, 11) is 0. The number of halogens is 1. The van der Waals surface area contributed by atoms with Crippen LogP contribution in [0, 0.1) is 5.92 Å². The predicted molar refractivity (Wildman–Crippen MR) is 68.4 cm³/mol. The van der Waals surface area contributed by atoms with Gasteiger partial charge in [-0.15, -0.1) is 0 Å². The van der Waals surface area contributed by atoms with E-state index in [0.29, 0.717) is 11.6 Å². The fourth-order valence-electron chi connectivity index (χ4n) is 2.16. The highest BCUT2D eigenvalue weighted by molar-refractivity contribution is 9.10. The second-order valence-electron chi connectivity index (χ2n) is 4.18. The van der Waals surface area contributed by atoms with E-state index >= 15 is 0 Å². The van der Waals surface area contributed by atoms with Crippen LogP contribution in [0.4, 0.5) is 11.5 Å². The van der Waals surface area contributed by atoms with Crippen molar-refractivity contribution in [2.24, 2.45) is 5.92 Å². The summed E-state index contributed by atoms with van der Waals surface area (Å²) in [6, 6.07) is 1.88. The monoisotopic (exact) mass is 285 g/mol. The molecule has 1 aliphatic rings. The summed E-state index contributed by atoms with van der Waals surface area (Å²) < 4.78 is 0.903. The quantitative estimate of drug-likeness (QED) is 0.886. The van der Waals surface area contributed by atoms with Crippen LogP contribution in [0.3, 0.4) is 0 Å². The lowest BCUT2D eigenvalue weighted by molar-refractivity contribution is 0.263. The van der Waals surface area contributed by atoms with E-state index in [9.17, 15) is 0 Å². The first-order valence-corrected chi connectivity index (χ1v) is 6.27. The molecule has 2 heterocycles. The van der Waals surface area contributed by atoms with Crippen LogP contribution in [0.15, 0.2) is 16.7 Å². The molecule has 0 saturated carbocycles. The van der Waals surface area contributed by atoms with Crippen LogP contribution in [0.5, 0.6) is 0 Å². The number of rotatable bonds is 3. The first kappa shape index (κ1) is 11.7. The smallest absolute Gasteiger partial charge is 0.151 e. The van der Waals surface area contributed by atoms with Crippen molar-refractivity contribution < 1.29 is 5.11 Å². The number of pyridine rings is 1. The zero-order valence-corrected chi connectivity index (χ0v) is 10.7. The summed E-state index contributed by atoms with van der Waals surface area (Å²) in [6.07, 6.45) is 3.75. The second-order valence-corrected chi connectivity index (χ2v) is 5.10. The Hall–Kier alpha value is -0.810. The first-order valence-electron chi connectivity index (χ1n) is 5.47. The summed E-state index contributed by atoms with van der Waals surface area (Å²) >= 11 is 3.35. The summed E-state index contributed by atoms with van der Waals surface area (Å²) in [5, 5.41) is 8.91. The summed E-state index contributed by atoms with van der Waals surface area (Å²) in [6.45, 7) is 2.19. The van der Waals surface area contributed by atoms with Gasteiger partial charge in [0.1, 0.15) is 0 Å². The minimum absolute atomic E-state index is 0.266. The molecule has 0 aromatic carbocycles. The molecule has 3 N–H and O–H groups in total. The molecule has 1 aromatic heterocycles. The van der Waals surface area contributed by atoms with E-state index in [1.165, 1.54) is 0 Å². The highest BCUT2D eigenvalue weighted by Gasteiger charge is 2.24. The SMILES string of the molecule is Nc1cc(Br)cnc1N1CCC(CCO)C1. The maximum Gasteiger partial charge on any atom is 0.151 e. The fraction of sp³-hybridized carbons (Fsp3) is 0.545. The van der Waals surface area contributed by atoms with E-state index in [1.54, 1.807) is 6.20 Å². The zero-order valence-electron chi connectivity index (χ0n) is 9.06. The molecular formula is C11H16BrN3O. The van der Waals surface area contributed by atoms with Gasteiger partial charge < -0.3 is 15.7 Å². The normalized spacial score (nSPS) is 20.4. The molecule has 1 unspecified atom stereocenters. The van der Waals surface area contributed by atoms with Crippen LogP contribution in [0.2, 0.25) is 0 Å². The number of nitrogen functional groups attached to an aromatic ring is 1. The van der Waals surface area contributed by atoms with Gasteiger partial charge in [0, 0.05) is 30.4 Å². The van der Waals surface area contributed by atoms with E-state index in [1.807, 2.05) is 6.07 Å². The van der Waals surface area contributed by atoms with Crippen LogP contribution >= 0.6 is 15.9 Å². The number of hydrogen-bond donors (Lipinski definition) is 2. The lowest BCUT2D eigenvalue weighted by atomic mass is 10.1. The molecule has 1 fully saturated rings. The van der Waals surface area contributed by atoms with Crippen molar-refractivity contribution in [1.82, 2.24) is 4.98 Å². The van der Waals surface area contributed by atoms with E-state index in [-0.39, 0.29) is 6.61 Å². The molecule has 0 radical (unpaired) electrons. The Morgan fingerprint density at radius 1 is 1.62 bits per heavy atom. The molecule has 2 rings (SSSR count). The van der Waals surface area contributed by atoms with Gasteiger partial charge in [0.05, 0.1) is 5.69 Å². The Morgan fingerprint density at radius 2 is 2.44 bits per heavy atom. The van der Waals surface area contributed by atoms with Crippen LogP contribution in [0.1, 0.15) is 12.8 Å². The molecular weight excluding hydrogens is 270 g/mol. The maximum absolute atomic E-state index is 8.91. The van der Waals surface area contributed by atoms with Gasteiger partial charge >= 0.3 is 0 Å². The third kappa shape index (κ3) is 2.47. The number of aliphatic hydroxyl groups excluding tert-OH is 1. The highest BCUT2D eigenvalue weighted by Crippen LogP contribution is 2.29. The van der Waals surface area contributed by atoms with Crippen molar-refractivity contribution in [3.8, 4) is 0 Å². The van der Waals surface area contributed by atoms with Gasteiger partial charge in [0.15, 0.2) is 5.82 Å². The van der Waals surface area contributed by atoms with Crippen molar-refractivity contribution in [1.29, 1.82) is 0 Å². The van der Waals surface area contributed by atoms with Crippen molar-refractivity contribution in [2.45, 2.75) is 12.8 Å². The van der Waals surface area contributed by atoms with Crippen LogP contribution in [-0.2, 0) is 0 Å². The van der Waals surface area contributed by atoms with Crippen molar-refractivity contribution in [3.63, 3.8) is 0 Å². The number of aromatic nitrogens is 1. The molecule has 88 valence electrons. The number of nitrogens with zero attached hydrogens (tertiary/aromatic N) is 2. The van der Waals surface area contributed by atoms with E-state index in [4.69, 9.17) is 10.8 Å². The lowest BCUT2D eigenvalue weighted by Gasteiger charge is -2.19. The molecule has 1 atom stereocenters. The Bertz CT molecular complexity index is 372.